The lowest BCUT2D eigenvalue weighted by Gasteiger charge is -2.30. The summed E-state index contributed by atoms with van der Waals surface area (Å²) in [7, 11) is 0. The van der Waals surface area contributed by atoms with Gasteiger partial charge >= 0.3 is 5.97 Å². The second-order valence-electron chi connectivity index (χ2n) is 4.74. The molecule has 1 heterocycles. The second kappa shape index (κ2) is 9.77. The van der Waals surface area contributed by atoms with Gasteiger partial charge in [-0.25, -0.2) is 0 Å². The van der Waals surface area contributed by atoms with Crippen LogP contribution in [0.3, 0.4) is 0 Å². The van der Waals surface area contributed by atoms with Crippen LogP contribution in [0, 0.1) is 5.92 Å². The summed E-state index contributed by atoms with van der Waals surface area (Å²) in [4.78, 5) is 25.7. The molecule has 21 heavy (non-hydrogen) atoms. The fourth-order valence-corrected chi connectivity index (χ4v) is 2.33. The number of likely N-dealkylation sites (tertiary alicyclic amines) is 1. The molecule has 1 aromatic rings. The number of esters is 1. The van der Waals surface area contributed by atoms with Crippen LogP contribution in [-0.4, -0.2) is 36.3 Å². The molecule has 118 valence electrons. The van der Waals surface area contributed by atoms with E-state index in [4.69, 9.17) is 4.74 Å². The minimum Gasteiger partial charge on any atom is -0.465 e. The van der Waals surface area contributed by atoms with Crippen molar-refractivity contribution in [1.29, 1.82) is 0 Å². The number of Topliss-reactive ketones (excluding diaryl/α,β-unsaturated/α-hetero) is 1. The van der Waals surface area contributed by atoms with E-state index in [2.05, 4.69) is 17.0 Å². The van der Waals surface area contributed by atoms with E-state index in [1.165, 1.54) is 5.56 Å². The molecule has 1 fully saturated rings. The Morgan fingerprint density at radius 2 is 1.95 bits per heavy atom. The van der Waals surface area contributed by atoms with Crippen LogP contribution in [0.15, 0.2) is 30.3 Å². The van der Waals surface area contributed by atoms with Crippen molar-refractivity contribution in [3.05, 3.63) is 35.9 Å². The molecule has 0 amide bonds. The van der Waals surface area contributed by atoms with Gasteiger partial charge in [0.15, 0.2) is 0 Å². The van der Waals surface area contributed by atoms with Crippen LogP contribution in [0.1, 0.15) is 18.9 Å². The average Bonchev–Trinajstić information content (AvgIpc) is 2.42. The smallest absolute Gasteiger partial charge is 0.317 e. The van der Waals surface area contributed by atoms with Gasteiger partial charge < -0.3 is 4.74 Å². The molecule has 2 rings (SSSR count). The molecule has 0 saturated carbocycles. The molecule has 1 saturated heterocycles. The molecule has 1 atom stereocenters. The number of piperidine rings is 1. The van der Waals surface area contributed by atoms with Crippen LogP contribution in [0.25, 0.3) is 0 Å². The van der Waals surface area contributed by atoms with E-state index < -0.39 is 5.92 Å². The monoisotopic (exact) mass is 333 g/mol. The highest BCUT2D eigenvalue weighted by Gasteiger charge is 2.33. The van der Waals surface area contributed by atoms with Crippen LogP contribution in [0.5, 0.6) is 0 Å². The molecule has 1 unspecified atom stereocenters. The van der Waals surface area contributed by atoms with E-state index in [0.717, 1.165) is 6.54 Å². The normalized spacial score (nSPS) is 18.3. The molecule has 1 aromatic carbocycles. The number of hydrogen-bond donors (Lipinski definition) is 0. The number of rotatable bonds is 4. The Labute approximate surface area is 137 Å². The standard InChI is InChI=1S/C15H19NO3.2ClH/c1-2-19-15(18)13-11-16(9-8-14(13)17)10-12-6-4-3-5-7-12;;/h3-7,13H,2,8-11H2,1H3;2*1H. The number of carbonyl (C=O) groups is 2. The first-order valence-electron chi connectivity index (χ1n) is 6.66. The van der Waals surface area contributed by atoms with Gasteiger partial charge in [0.2, 0.25) is 0 Å². The van der Waals surface area contributed by atoms with Crippen molar-refractivity contribution < 1.29 is 14.3 Å². The van der Waals surface area contributed by atoms with E-state index >= 15 is 0 Å². The highest BCUT2D eigenvalue weighted by Crippen LogP contribution is 2.17. The molecule has 1 aliphatic heterocycles. The zero-order chi connectivity index (χ0) is 13.7. The lowest BCUT2D eigenvalue weighted by molar-refractivity contribution is -0.154. The van der Waals surface area contributed by atoms with E-state index in [-0.39, 0.29) is 36.6 Å². The summed E-state index contributed by atoms with van der Waals surface area (Å²) in [5, 5.41) is 0. The van der Waals surface area contributed by atoms with Crippen molar-refractivity contribution >= 4 is 36.6 Å². The molecule has 4 nitrogen and oxygen atoms in total. The van der Waals surface area contributed by atoms with E-state index in [1.807, 2.05) is 18.2 Å². The first-order chi connectivity index (χ1) is 9.20. The Morgan fingerprint density at radius 3 is 2.57 bits per heavy atom. The van der Waals surface area contributed by atoms with Crippen molar-refractivity contribution in [2.75, 3.05) is 19.7 Å². The predicted molar refractivity (Wildman–Crippen MR) is 86.0 cm³/mol. The molecule has 0 bridgehead atoms. The Bertz CT molecular complexity index is 453. The van der Waals surface area contributed by atoms with E-state index in [9.17, 15) is 9.59 Å². The fourth-order valence-electron chi connectivity index (χ4n) is 2.33. The molecule has 1 aliphatic rings. The Morgan fingerprint density at radius 1 is 1.29 bits per heavy atom. The van der Waals surface area contributed by atoms with Crippen molar-refractivity contribution in [3.8, 4) is 0 Å². The summed E-state index contributed by atoms with van der Waals surface area (Å²) in [5.74, 6) is -0.995. The van der Waals surface area contributed by atoms with Crippen molar-refractivity contribution in [2.24, 2.45) is 5.92 Å². The van der Waals surface area contributed by atoms with Crippen LogP contribution < -0.4 is 0 Å². The molecular formula is C15H21Cl2NO3. The maximum atomic E-state index is 11.8. The van der Waals surface area contributed by atoms with Crippen molar-refractivity contribution in [1.82, 2.24) is 4.90 Å². The molecule has 0 spiro atoms. The summed E-state index contributed by atoms with van der Waals surface area (Å²) >= 11 is 0. The van der Waals surface area contributed by atoms with Gasteiger partial charge in [0, 0.05) is 26.1 Å². The first-order valence-corrected chi connectivity index (χ1v) is 6.66. The first kappa shape index (κ1) is 19.9. The summed E-state index contributed by atoms with van der Waals surface area (Å²) in [5.41, 5.74) is 1.19. The summed E-state index contributed by atoms with van der Waals surface area (Å²) in [6.45, 7) is 4.02. The van der Waals surface area contributed by atoms with Gasteiger partial charge in [-0.05, 0) is 12.5 Å². The average molecular weight is 334 g/mol. The molecule has 0 aliphatic carbocycles. The van der Waals surface area contributed by atoms with Gasteiger partial charge in [-0.1, -0.05) is 30.3 Å². The molecule has 0 N–H and O–H groups in total. The predicted octanol–water partition coefficient (Wildman–Crippen LogP) is 2.48. The summed E-state index contributed by atoms with van der Waals surface area (Å²) in [6.07, 6.45) is 0.427. The lowest BCUT2D eigenvalue weighted by Crippen LogP contribution is -2.44. The number of ketones is 1. The largest absolute Gasteiger partial charge is 0.465 e. The van der Waals surface area contributed by atoms with Crippen LogP contribution in [-0.2, 0) is 20.9 Å². The minimum absolute atomic E-state index is 0. The van der Waals surface area contributed by atoms with Gasteiger partial charge in [-0.2, -0.15) is 0 Å². The highest BCUT2D eigenvalue weighted by atomic mass is 35.5. The van der Waals surface area contributed by atoms with E-state index in [1.54, 1.807) is 6.92 Å². The maximum absolute atomic E-state index is 11.8. The van der Waals surface area contributed by atoms with Gasteiger partial charge in [-0.15, -0.1) is 24.8 Å². The van der Waals surface area contributed by atoms with Crippen LogP contribution >= 0.6 is 24.8 Å². The quantitative estimate of drug-likeness (QED) is 0.627. The van der Waals surface area contributed by atoms with Gasteiger partial charge in [-0.3, -0.25) is 14.5 Å². The number of halogens is 2. The summed E-state index contributed by atoms with van der Waals surface area (Å²) < 4.78 is 4.96. The highest BCUT2D eigenvalue weighted by molar-refractivity contribution is 5.99. The van der Waals surface area contributed by atoms with Crippen molar-refractivity contribution in [3.63, 3.8) is 0 Å². The van der Waals surface area contributed by atoms with Crippen LogP contribution in [0.2, 0.25) is 0 Å². The topological polar surface area (TPSA) is 46.6 Å². The van der Waals surface area contributed by atoms with E-state index in [0.29, 0.717) is 26.1 Å². The maximum Gasteiger partial charge on any atom is 0.317 e. The molecule has 0 radical (unpaired) electrons. The minimum atomic E-state index is -0.614. The summed E-state index contributed by atoms with van der Waals surface area (Å²) in [6, 6.07) is 10.1. The molecular weight excluding hydrogens is 313 g/mol. The Balaban J connectivity index is 0.00000200. The van der Waals surface area contributed by atoms with Crippen molar-refractivity contribution in [2.45, 2.75) is 19.9 Å². The lowest BCUT2D eigenvalue weighted by atomic mass is 9.96. The SMILES string of the molecule is CCOC(=O)C1CN(Cc2ccccc2)CCC1=O.Cl.Cl. The molecule has 0 aromatic heterocycles. The molecule has 6 heteroatoms. The number of hydrogen-bond acceptors (Lipinski definition) is 4. The third-order valence-corrected chi connectivity index (χ3v) is 3.32. The Kier molecular flexibility index (Phi) is 9.26. The fraction of sp³-hybridized carbons (Fsp3) is 0.467. The van der Waals surface area contributed by atoms with Gasteiger partial charge in [0.1, 0.15) is 11.7 Å². The Hall–Kier alpha value is -1.10. The number of ether oxygens (including phenoxy) is 1. The number of carbonyl (C=O) groups excluding carboxylic acids is 2. The third-order valence-electron chi connectivity index (χ3n) is 3.32. The van der Waals surface area contributed by atoms with Crippen LogP contribution in [0.4, 0.5) is 0 Å². The third kappa shape index (κ3) is 5.65. The zero-order valence-electron chi connectivity index (χ0n) is 12.0. The zero-order valence-corrected chi connectivity index (χ0v) is 13.6. The second-order valence-corrected chi connectivity index (χ2v) is 4.74. The number of nitrogens with zero attached hydrogens (tertiary/aromatic N) is 1. The number of benzene rings is 1. The van der Waals surface area contributed by atoms with Gasteiger partial charge in [0.25, 0.3) is 0 Å². The van der Waals surface area contributed by atoms with Gasteiger partial charge in [0.05, 0.1) is 6.61 Å².